The standard InChI is InChI=1S/C28H48P2/c1-25(2)17-11-12-18-26(3,4)29(25)21-23-15-9-10-16-24(23)22-30-27(5,6)19-13-14-20-28(30,7)8/h9-10,15-16H,11-14,17-22H2,1-8H3. The van der Waals surface area contributed by atoms with Gasteiger partial charge in [0.1, 0.15) is 0 Å². The fourth-order valence-electron chi connectivity index (χ4n) is 6.47. The first-order valence-corrected chi connectivity index (χ1v) is 15.5. The van der Waals surface area contributed by atoms with E-state index in [0.29, 0.717) is 20.6 Å². The van der Waals surface area contributed by atoms with Crippen molar-refractivity contribution in [2.24, 2.45) is 0 Å². The van der Waals surface area contributed by atoms with E-state index in [0.717, 1.165) is 0 Å². The molecule has 0 amide bonds. The summed E-state index contributed by atoms with van der Waals surface area (Å²) in [6.07, 6.45) is 14.0. The van der Waals surface area contributed by atoms with Gasteiger partial charge in [-0.25, -0.2) is 0 Å². The minimum atomic E-state index is -0.0462. The fourth-order valence-corrected chi connectivity index (χ4v) is 14.5. The Bertz CT molecular complexity index is 616. The van der Waals surface area contributed by atoms with Crippen LogP contribution in [0.25, 0.3) is 0 Å². The van der Waals surface area contributed by atoms with Gasteiger partial charge in [-0.05, 0) is 69.8 Å². The molecule has 1 aromatic carbocycles. The maximum Gasteiger partial charge on any atom is -0.00606 e. The van der Waals surface area contributed by atoms with Crippen LogP contribution in [0.2, 0.25) is 0 Å². The maximum atomic E-state index is 2.58. The van der Waals surface area contributed by atoms with Crippen molar-refractivity contribution in [1.82, 2.24) is 0 Å². The number of hydrogen-bond acceptors (Lipinski definition) is 0. The van der Waals surface area contributed by atoms with Crippen molar-refractivity contribution in [2.45, 2.75) is 140 Å². The molecular formula is C28H48P2. The Hall–Kier alpha value is 0.0800. The molecule has 0 radical (unpaired) electrons. The van der Waals surface area contributed by atoms with Crippen LogP contribution < -0.4 is 0 Å². The Morgan fingerprint density at radius 3 is 1.07 bits per heavy atom. The minimum Gasteiger partial charge on any atom is -0.0906 e. The molecule has 2 heterocycles. The molecular weight excluding hydrogens is 398 g/mol. The van der Waals surface area contributed by atoms with Crippen LogP contribution >= 0.6 is 15.8 Å². The lowest BCUT2D eigenvalue weighted by Crippen LogP contribution is -2.30. The summed E-state index contributed by atoms with van der Waals surface area (Å²) in [4.78, 5) is 0. The molecule has 0 unspecified atom stereocenters. The van der Waals surface area contributed by atoms with E-state index in [1.54, 1.807) is 11.1 Å². The molecule has 0 nitrogen and oxygen atoms in total. The van der Waals surface area contributed by atoms with Gasteiger partial charge >= 0.3 is 0 Å². The van der Waals surface area contributed by atoms with Crippen molar-refractivity contribution in [3.8, 4) is 0 Å². The van der Waals surface area contributed by atoms with Gasteiger partial charge in [0.25, 0.3) is 0 Å². The van der Waals surface area contributed by atoms with Crippen LogP contribution in [0.3, 0.4) is 0 Å². The average Bonchev–Trinajstić information content (AvgIpc) is 2.81. The Morgan fingerprint density at radius 1 is 0.533 bits per heavy atom. The van der Waals surface area contributed by atoms with E-state index in [2.05, 4.69) is 79.7 Å². The van der Waals surface area contributed by atoms with Crippen LogP contribution in [0.4, 0.5) is 0 Å². The zero-order valence-electron chi connectivity index (χ0n) is 21.3. The first-order chi connectivity index (χ1) is 13.9. The first-order valence-electron chi connectivity index (χ1n) is 12.5. The number of benzene rings is 1. The zero-order chi connectivity index (χ0) is 22.2. The lowest BCUT2D eigenvalue weighted by molar-refractivity contribution is 0.563. The van der Waals surface area contributed by atoms with Crippen molar-refractivity contribution < 1.29 is 0 Å². The summed E-state index contributed by atoms with van der Waals surface area (Å²) in [5, 5.41) is 1.98. The monoisotopic (exact) mass is 446 g/mol. The largest absolute Gasteiger partial charge is 0.0906 e. The van der Waals surface area contributed by atoms with Crippen molar-refractivity contribution in [3.05, 3.63) is 35.4 Å². The predicted molar refractivity (Wildman–Crippen MR) is 141 cm³/mol. The van der Waals surface area contributed by atoms with Crippen molar-refractivity contribution in [3.63, 3.8) is 0 Å². The summed E-state index contributed by atoms with van der Waals surface area (Å²) >= 11 is 0. The van der Waals surface area contributed by atoms with Crippen molar-refractivity contribution >= 4 is 15.8 Å². The molecule has 3 rings (SSSR count). The highest BCUT2D eigenvalue weighted by molar-refractivity contribution is 7.60. The van der Waals surface area contributed by atoms with E-state index in [9.17, 15) is 0 Å². The molecule has 2 aliphatic heterocycles. The second kappa shape index (κ2) is 9.14. The van der Waals surface area contributed by atoms with Gasteiger partial charge in [0, 0.05) is 0 Å². The van der Waals surface area contributed by atoms with Crippen LogP contribution in [0, 0.1) is 0 Å². The second-order valence-corrected chi connectivity index (χ2v) is 19.8. The molecule has 0 N–H and O–H groups in total. The molecule has 0 atom stereocenters. The molecule has 0 aliphatic carbocycles. The molecule has 0 bridgehead atoms. The molecule has 0 spiro atoms. The normalized spacial score (nSPS) is 26.7. The van der Waals surface area contributed by atoms with E-state index in [4.69, 9.17) is 0 Å². The van der Waals surface area contributed by atoms with Gasteiger partial charge in [-0.2, -0.15) is 0 Å². The Morgan fingerprint density at radius 2 is 0.800 bits per heavy atom. The highest BCUT2D eigenvalue weighted by Gasteiger charge is 2.43. The van der Waals surface area contributed by atoms with Gasteiger partial charge in [-0.15, -0.1) is 0 Å². The lowest BCUT2D eigenvalue weighted by atomic mass is 10.0. The smallest absolute Gasteiger partial charge is 0.00606 e. The molecule has 2 saturated heterocycles. The zero-order valence-corrected chi connectivity index (χ0v) is 23.1. The van der Waals surface area contributed by atoms with E-state index >= 15 is 0 Å². The number of hydrogen-bond donors (Lipinski definition) is 0. The SMILES string of the molecule is CC1(C)CCCCC(C)(C)P1Cc1ccccc1CP1C(C)(C)CCCCC1(C)C. The summed E-state index contributed by atoms with van der Waals surface area (Å²) < 4.78 is 0. The quantitative estimate of drug-likeness (QED) is 0.404. The Balaban J connectivity index is 1.92. The number of rotatable bonds is 4. The summed E-state index contributed by atoms with van der Waals surface area (Å²) in [5.74, 6) is 0. The predicted octanol–water partition coefficient (Wildman–Crippen LogP) is 9.91. The lowest BCUT2D eigenvalue weighted by Gasteiger charge is -2.45. The van der Waals surface area contributed by atoms with E-state index in [-0.39, 0.29) is 15.8 Å². The van der Waals surface area contributed by atoms with Gasteiger partial charge in [0.2, 0.25) is 0 Å². The highest BCUT2D eigenvalue weighted by Crippen LogP contribution is 2.68. The molecule has 2 aliphatic rings. The summed E-state index contributed by atoms with van der Waals surface area (Å²) in [6.45, 7) is 20.6. The van der Waals surface area contributed by atoms with Gasteiger partial charge in [0.15, 0.2) is 0 Å². The van der Waals surface area contributed by atoms with Gasteiger partial charge in [-0.3, -0.25) is 0 Å². The average molecular weight is 447 g/mol. The van der Waals surface area contributed by atoms with E-state index in [1.807, 2.05) is 0 Å². The highest BCUT2D eigenvalue weighted by atomic mass is 31.1. The van der Waals surface area contributed by atoms with Gasteiger partial charge in [-0.1, -0.05) is 121 Å². The summed E-state index contributed by atoms with van der Waals surface area (Å²) in [5.41, 5.74) is 3.37. The third-order valence-corrected chi connectivity index (χ3v) is 16.4. The van der Waals surface area contributed by atoms with Crippen LogP contribution in [-0.4, -0.2) is 20.6 Å². The second-order valence-electron chi connectivity index (χ2n) is 12.6. The molecule has 0 saturated carbocycles. The fraction of sp³-hybridized carbons (Fsp3) is 0.786. The van der Waals surface area contributed by atoms with Crippen LogP contribution in [0.1, 0.15) is 118 Å². The Labute approximate surface area is 190 Å². The van der Waals surface area contributed by atoms with Crippen molar-refractivity contribution in [1.29, 1.82) is 0 Å². The maximum absolute atomic E-state index is 2.58. The van der Waals surface area contributed by atoms with Crippen molar-refractivity contribution in [2.75, 3.05) is 0 Å². The van der Waals surface area contributed by atoms with Gasteiger partial charge in [0.05, 0.1) is 0 Å². The summed E-state index contributed by atoms with van der Waals surface area (Å²) in [7, 11) is -0.0925. The van der Waals surface area contributed by atoms with E-state index < -0.39 is 0 Å². The molecule has 0 aromatic heterocycles. The molecule has 1 aromatic rings. The van der Waals surface area contributed by atoms with Crippen LogP contribution in [-0.2, 0) is 12.3 Å². The minimum absolute atomic E-state index is 0.0462. The summed E-state index contributed by atoms with van der Waals surface area (Å²) in [6, 6.07) is 9.59. The van der Waals surface area contributed by atoms with Gasteiger partial charge < -0.3 is 0 Å². The topological polar surface area (TPSA) is 0 Å². The molecule has 170 valence electrons. The van der Waals surface area contributed by atoms with Crippen LogP contribution in [0.15, 0.2) is 24.3 Å². The molecule has 30 heavy (non-hydrogen) atoms. The van der Waals surface area contributed by atoms with Crippen LogP contribution in [0.5, 0.6) is 0 Å². The van der Waals surface area contributed by atoms with E-state index in [1.165, 1.54) is 63.7 Å². The Kier molecular flexibility index (Phi) is 7.53. The third kappa shape index (κ3) is 5.52. The molecule has 2 fully saturated rings. The third-order valence-electron chi connectivity index (χ3n) is 8.35. The first kappa shape index (κ1) is 24.7. The molecule has 2 heteroatoms.